The molecule has 2 heterocycles. The minimum absolute atomic E-state index is 0.754. The van der Waals surface area contributed by atoms with E-state index in [0.29, 0.717) is 0 Å². The molecule has 0 fully saturated rings. The maximum Gasteiger partial charge on any atom is 0.141 e. The van der Waals surface area contributed by atoms with Crippen molar-refractivity contribution in [2.24, 2.45) is 0 Å². The number of hydrogen-bond donors (Lipinski definition) is 1. The molecule has 0 spiro atoms. The fourth-order valence-corrected chi connectivity index (χ4v) is 2.63. The van der Waals surface area contributed by atoms with Crippen molar-refractivity contribution in [2.45, 2.75) is 18.7 Å². The zero-order valence-electron chi connectivity index (χ0n) is 11.5. The molecule has 0 aliphatic carbocycles. The first-order chi connectivity index (χ1) is 9.61. The number of thiol groups is 1. The number of pyridine rings is 1. The lowest BCUT2D eigenvalue weighted by Gasteiger charge is -2.11. The quantitative estimate of drug-likeness (QED) is 0.728. The minimum atomic E-state index is 0.754. The molecule has 5 heteroatoms. The number of rotatable bonds is 2. The standard InChI is InChI=1S/C15H14N2O2S/c1-8-14(9(2)19-17-8)12-7-16-13-5-4-10(20)6-11(13)15(12)18-3/h4-7,20H,1-3H3. The number of fused-ring (bicyclic) bond motifs is 1. The molecule has 0 saturated carbocycles. The molecule has 2 aromatic heterocycles. The van der Waals surface area contributed by atoms with Crippen LogP contribution in [0.3, 0.4) is 0 Å². The third kappa shape index (κ3) is 1.94. The summed E-state index contributed by atoms with van der Waals surface area (Å²) in [5, 5.41) is 4.92. The van der Waals surface area contributed by atoms with E-state index in [2.05, 4.69) is 22.8 Å². The molecule has 0 amide bonds. The third-order valence-electron chi connectivity index (χ3n) is 3.31. The van der Waals surface area contributed by atoms with Gasteiger partial charge in [-0.3, -0.25) is 4.98 Å². The Morgan fingerprint density at radius 2 is 2.05 bits per heavy atom. The summed E-state index contributed by atoms with van der Waals surface area (Å²) >= 11 is 4.38. The molecule has 1 aromatic carbocycles. The lowest BCUT2D eigenvalue weighted by molar-refractivity contribution is 0.393. The first kappa shape index (κ1) is 13.0. The van der Waals surface area contributed by atoms with Gasteiger partial charge in [0, 0.05) is 22.0 Å². The van der Waals surface area contributed by atoms with E-state index in [1.807, 2.05) is 32.0 Å². The number of benzene rings is 1. The van der Waals surface area contributed by atoms with E-state index in [-0.39, 0.29) is 0 Å². The van der Waals surface area contributed by atoms with Crippen LogP contribution in [0.5, 0.6) is 5.75 Å². The summed E-state index contributed by atoms with van der Waals surface area (Å²) in [4.78, 5) is 5.35. The highest BCUT2D eigenvalue weighted by Crippen LogP contribution is 2.38. The van der Waals surface area contributed by atoms with Crippen molar-refractivity contribution in [3.05, 3.63) is 35.9 Å². The molecule has 0 bridgehead atoms. The van der Waals surface area contributed by atoms with E-state index in [4.69, 9.17) is 9.26 Å². The maximum atomic E-state index is 5.60. The van der Waals surface area contributed by atoms with Crippen LogP contribution in [-0.2, 0) is 0 Å². The predicted molar refractivity (Wildman–Crippen MR) is 80.5 cm³/mol. The molecular weight excluding hydrogens is 272 g/mol. The van der Waals surface area contributed by atoms with Gasteiger partial charge in [-0.25, -0.2) is 0 Å². The van der Waals surface area contributed by atoms with Gasteiger partial charge in [0.2, 0.25) is 0 Å². The minimum Gasteiger partial charge on any atom is -0.495 e. The maximum absolute atomic E-state index is 5.60. The van der Waals surface area contributed by atoms with Crippen molar-refractivity contribution in [3.8, 4) is 16.9 Å². The van der Waals surface area contributed by atoms with Crippen molar-refractivity contribution in [2.75, 3.05) is 7.11 Å². The lowest BCUT2D eigenvalue weighted by Crippen LogP contribution is -1.93. The Hall–Kier alpha value is -2.01. The second-order valence-electron chi connectivity index (χ2n) is 4.61. The SMILES string of the molecule is COc1c(-c2c(C)noc2C)cnc2ccc(S)cc12. The first-order valence-electron chi connectivity index (χ1n) is 6.20. The summed E-state index contributed by atoms with van der Waals surface area (Å²) in [7, 11) is 1.65. The van der Waals surface area contributed by atoms with Gasteiger partial charge in [-0.1, -0.05) is 5.16 Å². The van der Waals surface area contributed by atoms with E-state index in [9.17, 15) is 0 Å². The molecule has 102 valence electrons. The van der Waals surface area contributed by atoms with Crippen LogP contribution >= 0.6 is 12.6 Å². The molecule has 0 saturated heterocycles. The van der Waals surface area contributed by atoms with E-state index in [1.54, 1.807) is 13.3 Å². The number of aromatic nitrogens is 2. The summed E-state index contributed by atoms with van der Waals surface area (Å²) in [6, 6.07) is 5.79. The molecule has 0 aliphatic heterocycles. The van der Waals surface area contributed by atoms with Gasteiger partial charge in [0.25, 0.3) is 0 Å². The molecular formula is C15H14N2O2S. The molecule has 0 atom stereocenters. The monoisotopic (exact) mass is 286 g/mol. The number of aryl methyl sites for hydroxylation is 2. The Morgan fingerprint density at radius 3 is 2.70 bits per heavy atom. The predicted octanol–water partition coefficient (Wildman–Crippen LogP) is 3.80. The number of nitrogens with zero attached hydrogens (tertiary/aromatic N) is 2. The van der Waals surface area contributed by atoms with Gasteiger partial charge in [0.1, 0.15) is 11.5 Å². The van der Waals surface area contributed by atoms with Crippen LogP contribution in [0.1, 0.15) is 11.5 Å². The summed E-state index contributed by atoms with van der Waals surface area (Å²) in [5.41, 5.74) is 3.51. The highest BCUT2D eigenvalue weighted by molar-refractivity contribution is 7.80. The second-order valence-corrected chi connectivity index (χ2v) is 5.12. The van der Waals surface area contributed by atoms with Crippen molar-refractivity contribution < 1.29 is 9.26 Å². The van der Waals surface area contributed by atoms with Crippen LogP contribution in [-0.4, -0.2) is 17.3 Å². The van der Waals surface area contributed by atoms with E-state index in [1.165, 1.54) is 0 Å². The zero-order valence-corrected chi connectivity index (χ0v) is 12.4. The molecule has 0 aliphatic rings. The average Bonchev–Trinajstić information content (AvgIpc) is 2.77. The Labute approximate surface area is 122 Å². The molecule has 3 rings (SSSR count). The van der Waals surface area contributed by atoms with Gasteiger partial charge in [-0.15, -0.1) is 12.6 Å². The van der Waals surface area contributed by atoms with Gasteiger partial charge in [0.05, 0.1) is 23.9 Å². The van der Waals surface area contributed by atoms with Gasteiger partial charge >= 0.3 is 0 Å². The Balaban J connectivity index is 2.37. The first-order valence-corrected chi connectivity index (χ1v) is 6.65. The van der Waals surface area contributed by atoms with Crippen molar-refractivity contribution in [1.29, 1.82) is 0 Å². The molecule has 0 N–H and O–H groups in total. The fraction of sp³-hybridized carbons (Fsp3) is 0.200. The van der Waals surface area contributed by atoms with Crippen molar-refractivity contribution in [3.63, 3.8) is 0 Å². The largest absolute Gasteiger partial charge is 0.495 e. The number of hydrogen-bond acceptors (Lipinski definition) is 5. The van der Waals surface area contributed by atoms with Gasteiger partial charge in [0.15, 0.2) is 0 Å². The van der Waals surface area contributed by atoms with E-state index < -0.39 is 0 Å². The number of methoxy groups -OCH3 is 1. The van der Waals surface area contributed by atoms with Crippen LogP contribution in [0.4, 0.5) is 0 Å². The molecule has 0 radical (unpaired) electrons. The average molecular weight is 286 g/mol. The van der Waals surface area contributed by atoms with Crippen molar-refractivity contribution in [1.82, 2.24) is 10.1 Å². The highest BCUT2D eigenvalue weighted by Gasteiger charge is 2.18. The topological polar surface area (TPSA) is 48.2 Å². The summed E-state index contributed by atoms with van der Waals surface area (Å²) < 4.78 is 10.8. The number of ether oxygens (including phenoxy) is 1. The summed E-state index contributed by atoms with van der Waals surface area (Å²) in [6.07, 6.45) is 1.80. The van der Waals surface area contributed by atoms with Crippen LogP contribution in [0.25, 0.3) is 22.0 Å². The van der Waals surface area contributed by atoms with E-state index >= 15 is 0 Å². The molecule has 0 unspecified atom stereocenters. The van der Waals surface area contributed by atoms with Crippen molar-refractivity contribution >= 4 is 23.5 Å². The van der Waals surface area contributed by atoms with Gasteiger partial charge in [-0.2, -0.15) is 0 Å². The lowest BCUT2D eigenvalue weighted by atomic mass is 10.0. The van der Waals surface area contributed by atoms with Gasteiger partial charge in [-0.05, 0) is 32.0 Å². The smallest absolute Gasteiger partial charge is 0.141 e. The van der Waals surface area contributed by atoms with Crippen LogP contribution in [0, 0.1) is 13.8 Å². The van der Waals surface area contributed by atoms with Crippen LogP contribution in [0.2, 0.25) is 0 Å². The highest BCUT2D eigenvalue weighted by atomic mass is 32.1. The van der Waals surface area contributed by atoms with Crippen LogP contribution in [0.15, 0.2) is 33.8 Å². The zero-order chi connectivity index (χ0) is 14.3. The molecule has 20 heavy (non-hydrogen) atoms. The second kappa shape index (κ2) is 4.83. The fourth-order valence-electron chi connectivity index (χ4n) is 2.42. The summed E-state index contributed by atoms with van der Waals surface area (Å²) in [5.74, 6) is 1.52. The third-order valence-corrected chi connectivity index (χ3v) is 3.59. The van der Waals surface area contributed by atoms with Gasteiger partial charge < -0.3 is 9.26 Å². The normalized spacial score (nSPS) is 11.0. The Morgan fingerprint density at radius 1 is 1.25 bits per heavy atom. The molecule has 4 nitrogen and oxygen atoms in total. The Kier molecular flexibility index (Phi) is 3.14. The Bertz CT molecular complexity index is 776. The van der Waals surface area contributed by atoms with E-state index in [0.717, 1.165) is 44.1 Å². The molecule has 3 aromatic rings. The van der Waals surface area contributed by atoms with Crippen LogP contribution < -0.4 is 4.74 Å². The summed E-state index contributed by atoms with van der Waals surface area (Å²) in [6.45, 7) is 3.79.